The second-order valence-electron chi connectivity index (χ2n) is 9.54. The largest absolute Gasteiger partial charge is 0.350 e. The van der Waals surface area contributed by atoms with Gasteiger partial charge in [0.1, 0.15) is 0 Å². The van der Waals surface area contributed by atoms with Crippen LogP contribution in [0.15, 0.2) is 37.1 Å². The highest BCUT2D eigenvalue weighted by Gasteiger charge is 2.28. The zero-order valence-electron chi connectivity index (χ0n) is 19.4. The van der Waals surface area contributed by atoms with Crippen molar-refractivity contribution >= 4 is 17.2 Å². The van der Waals surface area contributed by atoms with Gasteiger partial charge in [0.25, 0.3) is 0 Å². The summed E-state index contributed by atoms with van der Waals surface area (Å²) >= 11 is 0. The van der Waals surface area contributed by atoms with Crippen molar-refractivity contribution in [3.8, 4) is 11.1 Å². The summed E-state index contributed by atoms with van der Waals surface area (Å²) in [6, 6.07) is 3.25. The van der Waals surface area contributed by atoms with Gasteiger partial charge in [0, 0.05) is 73.7 Å². The van der Waals surface area contributed by atoms with Gasteiger partial charge in [-0.25, -0.2) is 19.5 Å². The van der Waals surface area contributed by atoms with Gasteiger partial charge >= 0.3 is 0 Å². The van der Waals surface area contributed by atoms with Crippen LogP contribution in [0.5, 0.6) is 0 Å². The third-order valence-corrected chi connectivity index (χ3v) is 7.36. The van der Waals surface area contributed by atoms with Crippen LogP contribution in [0.3, 0.4) is 0 Å². The van der Waals surface area contributed by atoms with Gasteiger partial charge in [0.15, 0.2) is 0 Å². The molecular formula is C24H31N9. The topological polar surface area (TPSA) is 78.9 Å². The number of rotatable bonds is 4. The number of imidazole rings is 1. The number of hydrogen-bond acceptors (Lipinski definition) is 7. The van der Waals surface area contributed by atoms with Gasteiger partial charge in [-0.15, -0.1) is 5.10 Å². The Balaban J connectivity index is 1.14. The predicted molar refractivity (Wildman–Crippen MR) is 128 cm³/mol. The van der Waals surface area contributed by atoms with Gasteiger partial charge in [-0.05, 0) is 45.7 Å². The molecule has 1 aliphatic heterocycles. The first kappa shape index (κ1) is 20.6. The van der Waals surface area contributed by atoms with E-state index in [4.69, 9.17) is 5.10 Å². The van der Waals surface area contributed by atoms with E-state index in [1.54, 1.807) is 0 Å². The van der Waals surface area contributed by atoms with Crippen molar-refractivity contribution in [3.05, 3.63) is 42.7 Å². The van der Waals surface area contributed by atoms with E-state index in [2.05, 4.69) is 49.4 Å². The summed E-state index contributed by atoms with van der Waals surface area (Å²) in [5.41, 5.74) is 4.13. The highest BCUT2D eigenvalue weighted by Crippen LogP contribution is 2.27. The molecule has 1 aliphatic carbocycles. The van der Waals surface area contributed by atoms with Crippen LogP contribution in [0.2, 0.25) is 0 Å². The second-order valence-corrected chi connectivity index (χ2v) is 9.54. The van der Waals surface area contributed by atoms with Gasteiger partial charge in [-0.3, -0.25) is 9.30 Å². The molecule has 1 N–H and O–H groups in total. The molecule has 0 radical (unpaired) electrons. The average Bonchev–Trinajstić information content (AvgIpc) is 3.43. The van der Waals surface area contributed by atoms with Crippen LogP contribution in [0.4, 0.5) is 5.95 Å². The lowest BCUT2D eigenvalue weighted by Gasteiger charge is -2.41. The minimum Gasteiger partial charge on any atom is -0.350 e. The zero-order chi connectivity index (χ0) is 22.4. The van der Waals surface area contributed by atoms with E-state index in [1.807, 2.05) is 40.6 Å². The molecule has 0 atom stereocenters. The summed E-state index contributed by atoms with van der Waals surface area (Å²) in [6.07, 6.45) is 14.5. The standard InChI is InChI=1S/C24H31N9/c1-17-13-26-24-27-14-18(16-32(17)24)21-7-8-33-22(21)15-25-23(29-33)28-19-3-5-20(6-4-19)31-11-9-30(2)10-12-31/h7-8,13-16,19-20H,3-6,9-12H2,1-2H3,(H,28,29)/t19-,20-. The Morgan fingerprint density at radius 1 is 0.939 bits per heavy atom. The lowest BCUT2D eigenvalue weighted by atomic mass is 9.90. The highest BCUT2D eigenvalue weighted by atomic mass is 15.3. The van der Waals surface area contributed by atoms with E-state index >= 15 is 0 Å². The average molecular weight is 446 g/mol. The summed E-state index contributed by atoms with van der Waals surface area (Å²) in [5.74, 6) is 1.41. The Kier molecular flexibility index (Phi) is 5.22. The maximum atomic E-state index is 4.74. The molecule has 1 saturated heterocycles. The number of nitrogens with one attached hydrogen (secondary N) is 1. The number of fused-ring (bicyclic) bond motifs is 2. The molecular weight excluding hydrogens is 414 g/mol. The summed E-state index contributed by atoms with van der Waals surface area (Å²) in [7, 11) is 2.22. The minimum absolute atomic E-state index is 0.442. The molecule has 9 nitrogen and oxygen atoms in total. The van der Waals surface area contributed by atoms with Crippen molar-refractivity contribution in [2.45, 2.75) is 44.7 Å². The molecule has 33 heavy (non-hydrogen) atoms. The van der Waals surface area contributed by atoms with E-state index in [0.29, 0.717) is 17.8 Å². The molecule has 0 bridgehead atoms. The molecule has 2 aliphatic rings. The Morgan fingerprint density at radius 3 is 2.55 bits per heavy atom. The highest BCUT2D eigenvalue weighted by molar-refractivity contribution is 5.79. The van der Waals surface area contributed by atoms with Gasteiger partial charge in [0.2, 0.25) is 11.7 Å². The molecule has 0 aromatic carbocycles. The monoisotopic (exact) mass is 445 g/mol. The van der Waals surface area contributed by atoms with Crippen LogP contribution in [0.25, 0.3) is 22.4 Å². The molecule has 5 heterocycles. The van der Waals surface area contributed by atoms with Gasteiger partial charge < -0.3 is 10.2 Å². The van der Waals surface area contributed by atoms with Crippen molar-refractivity contribution in [2.24, 2.45) is 0 Å². The summed E-state index contributed by atoms with van der Waals surface area (Å²) < 4.78 is 3.92. The first-order valence-electron chi connectivity index (χ1n) is 12.0. The van der Waals surface area contributed by atoms with Gasteiger partial charge in [-0.1, -0.05) is 0 Å². The molecule has 4 aromatic rings. The number of piperazine rings is 1. The summed E-state index contributed by atoms with van der Waals surface area (Å²) in [4.78, 5) is 18.6. The normalized spacial score (nSPS) is 22.8. The van der Waals surface area contributed by atoms with Crippen molar-refractivity contribution < 1.29 is 0 Å². The van der Waals surface area contributed by atoms with Crippen molar-refractivity contribution in [1.29, 1.82) is 0 Å². The third kappa shape index (κ3) is 3.95. The molecule has 1 saturated carbocycles. The van der Waals surface area contributed by atoms with E-state index < -0.39 is 0 Å². The quantitative estimate of drug-likeness (QED) is 0.517. The lowest BCUT2D eigenvalue weighted by molar-refractivity contribution is 0.0893. The van der Waals surface area contributed by atoms with Crippen LogP contribution in [-0.2, 0) is 0 Å². The number of hydrogen-bond donors (Lipinski definition) is 1. The zero-order valence-corrected chi connectivity index (χ0v) is 19.4. The van der Waals surface area contributed by atoms with E-state index in [0.717, 1.165) is 28.4 Å². The molecule has 0 unspecified atom stereocenters. The van der Waals surface area contributed by atoms with Gasteiger partial charge in [-0.2, -0.15) is 0 Å². The molecule has 6 rings (SSSR count). The van der Waals surface area contributed by atoms with Crippen LogP contribution in [-0.4, -0.2) is 84.1 Å². The van der Waals surface area contributed by atoms with Crippen LogP contribution < -0.4 is 5.32 Å². The number of nitrogens with zero attached hydrogens (tertiary/aromatic N) is 8. The minimum atomic E-state index is 0.442. The molecule has 4 aromatic heterocycles. The first-order valence-corrected chi connectivity index (χ1v) is 12.0. The molecule has 9 heteroatoms. The first-order chi connectivity index (χ1) is 16.1. The van der Waals surface area contributed by atoms with Crippen molar-refractivity contribution in [3.63, 3.8) is 0 Å². The number of aryl methyl sites for hydroxylation is 1. The van der Waals surface area contributed by atoms with E-state index in [-0.39, 0.29) is 0 Å². The maximum Gasteiger partial charge on any atom is 0.241 e. The number of likely N-dealkylation sites (N-methyl/N-ethyl adjacent to an activating group) is 1. The van der Waals surface area contributed by atoms with Crippen molar-refractivity contribution in [1.82, 2.24) is 38.8 Å². The molecule has 2 fully saturated rings. The molecule has 0 spiro atoms. The fourth-order valence-electron chi connectivity index (χ4n) is 5.29. The van der Waals surface area contributed by atoms with Crippen LogP contribution in [0.1, 0.15) is 31.4 Å². The Bertz CT molecular complexity index is 1260. The fourth-order valence-corrected chi connectivity index (χ4v) is 5.29. The summed E-state index contributed by atoms with van der Waals surface area (Å²) in [6.45, 7) is 6.83. The van der Waals surface area contributed by atoms with Crippen molar-refractivity contribution in [2.75, 3.05) is 38.5 Å². The Labute approximate surface area is 193 Å². The maximum absolute atomic E-state index is 4.74. The second kappa shape index (κ2) is 8.39. The van der Waals surface area contributed by atoms with Crippen LogP contribution in [0, 0.1) is 6.92 Å². The SMILES string of the molecule is Cc1cnc2ncc(-c3ccn4nc(N[C@H]5CC[C@H](N6CCN(C)CC6)CC5)ncc34)cn12. The number of aromatic nitrogens is 6. The lowest BCUT2D eigenvalue weighted by Crippen LogP contribution is -2.50. The Hall–Kier alpha value is -3.04. The molecule has 0 amide bonds. The smallest absolute Gasteiger partial charge is 0.241 e. The van der Waals surface area contributed by atoms with E-state index in [9.17, 15) is 0 Å². The number of anilines is 1. The Morgan fingerprint density at radius 2 is 1.73 bits per heavy atom. The predicted octanol–water partition coefficient (Wildman–Crippen LogP) is 2.72. The third-order valence-electron chi connectivity index (χ3n) is 7.36. The van der Waals surface area contributed by atoms with Gasteiger partial charge in [0.05, 0.1) is 17.9 Å². The van der Waals surface area contributed by atoms with E-state index in [1.165, 1.54) is 51.9 Å². The fraction of sp³-hybridized carbons (Fsp3) is 0.500. The summed E-state index contributed by atoms with van der Waals surface area (Å²) in [5, 5.41) is 8.33. The van der Waals surface area contributed by atoms with Crippen LogP contribution >= 0.6 is 0 Å². The molecule has 172 valence electrons.